The molecular formula is C18H30N2O. The highest BCUT2D eigenvalue weighted by Crippen LogP contribution is 2.41. The van der Waals surface area contributed by atoms with Crippen LogP contribution in [-0.2, 0) is 4.74 Å². The van der Waals surface area contributed by atoms with Gasteiger partial charge in [-0.2, -0.15) is 0 Å². The minimum Gasteiger partial charge on any atom is -0.374 e. The smallest absolute Gasteiger partial charge is 0.0788 e. The average molecular weight is 290 g/mol. The van der Waals surface area contributed by atoms with Gasteiger partial charge in [-0.3, -0.25) is 0 Å². The van der Waals surface area contributed by atoms with Gasteiger partial charge < -0.3 is 15.4 Å². The third-order valence-electron chi connectivity index (χ3n) is 4.77. The largest absolute Gasteiger partial charge is 0.374 e. The summed E-state index contributed by atoms with van der Waals surface area (Å²) in [7, 11) is 2.14. The lowest BCUT2D eigenvalue weighted by atomic mass is 9.82. The summed E-state index contributed by atoms with van der Waals surface area (Å²) in [6.07, 6.45) is 0. The molecule has 2 atom stereocenters. The fourth-order valence-corrected chi connectivity index (χ4v) is 3.64. The maximum Gasteiger partial charge on any atom is 0.0788 e. The zero-order valence-electron chi connectivity index (χ0n) is 14.5. The maximum atomic E-state index is 6.47. The van der Waals surface area contributed by atoms with Gasteiger partial charge in [0.2, 0.25) is 0 Å². The third kappa shape index (κ3) is 3.24. The summed E-state index contributed by atoms with van der Waals surface area (Å²) in [4.78, 5) is 2.30. The number of hydrogen-bond donors (Lipinski definition) is 1. The molecule has 21 heavy (non-hydrogen) atoms. The number of rotatable bonds is 3. The molecule has 0 saturated carbocycles. The second kappa shape index (κ2) is 5.29. The van der Waals surface area contributed by atoms with Gasteiger partial charge in [-0.15, -0.1) is 0 Å². The van der Waals surface area contributed by atoms with Gasteiger partial charge in [-0.25, -0.2) is 0 Å². The first-order chi connectivity index (χ1) is 9.53. The van der Waals surface area contributed by atoms with E-state index in [0.717, 1.165) is 6.54 Å². The molecule has 2 N–H and O–H groups in total. The maximum absolute atomic E-state index is 6.47. The summed E-state index contributed by atoms with van der Waals surface area (Å²) in [5.74, 6) is 0.304. The van der Waals surface area contributed by atoms with E-state index in [9.17, 15) is 0 Å². The molecule has 3 heteroatoms. The van der Waals surface area contributed by atoms with Gasteiger partial charge in [-0.05, 0) is 64.8 Å². The summed E-state index contributed by atoms with van der Waals surface area (Å²) in [6, 6.07) is 6.70. The van der Waals surface area contributed by atoms with Crippen LogP contribution in [0.15, 0.2) is 18.2 Å². The molecule has 0 bridgehead atoms. The van der Waals surface area contributed by atoms with Crippen molar-refractivity contribution < 1.29 is 4.74 Å². The quantitative estimate of drug-likeness (QED) is 0.928. The van der Waals surface area contributed by atoms with Crippen molar-refractivity contribution in [3.05, 3.63) is 29.3 Å². The number of ether oxygens (including phenoxy) is 1. The molecule has 0 aliphatic carbocycles. The Kier molecular flexibility index (Phi) is 4.11. The van der Waals surface area contributed by atoms with Crippen molar-refractivity contribution >= 4 is 5.69 Å². The van der Waals surface area contributed by atoms with Crippen molar-refractivity contribution in [1.29, 1.82) is 0 Å². The van der Waals surface area contributed by atoms with Crippen molar-refractivity contribution in [2.45, 2.75) is 58.8 Å². The van der Waals surface area contributed by atoms with Crippen LogP contribution in [-0.4, -0.2) is 30.8 Å². The van der Waals surface area contributed by atoms with E-state index in [1.165, 1.54) is 16.8 Å². The number of hydrogen-bond acceptors (Lipinski definition) is 3. The van der Waals surface area contributed by atoms with Crippen LogP contribution in [0, 0.1) is 19.8 Å². The minimum atomic E-state index is -0.266. The zero-order valence-corrected chi connectivity index (χ0v) is 14.5. The minimum absolute atomic E-state index is 0.0425. The fraction of sp³-hybridized carbons (Fsp3) is 0.667. The predicted molar refractivity (Wildman–Crippen MR) is 89.9 cm³/mol. The van der Waals surface area contributed by atoms with E-state index in [4.69, 9.17) is 10.5 Å². The van der Waals surface area contributed by atoms with Crippen LogP contribution in [0.25, 0.3) is 0 Å². The molecule has 1 saturated heterocycles. The molecule has 118 valence electrons. The third-order valence-corrected chi connectivity index (χ3v) is 4.77. The Hall–Kier alpha value is -1.06. The molecule has 1 fully saturated rings. The molecule has 1 aliphatic rings. The standard InChI is InChI=1S/C18H30N2O/c1-12-8-13(2)10-14(9-12)20(7)11-15-16(19)18(5,6)21-17(15,3)4/h8-10,15-16H,11,19H2,1-7H3. The molecular weight excluding hydrogens is 260 g/mol. The molecule has 1 aliphatic heterocycles. The van der Waals surface area contributed by atoms with Gasteiger partial charge in [0.1, 0.15) is 0 Å². The highest BCUT2D eigenvalue weighted by atomic mass is 16.5. The average Bonchev–Trinajstić information content (AvgIpc) is 2.46. The van der Waals surface area contributed by atoms with Crippen molar-refractivity contribution in [1.82, 2.24) is 0 Å². The van der Waals surface area contributed by atoms with E-state index >= 15 is 0 Å². The highest BCUT2D eigenvalue weighted by Gasteiger charge is 2.52. The predicted octanol–water partition coefficient (Wildman–Crippen LogP) is 3.27. The number of benzene rings is 1. The van der Waals surface area contributed by atoms with Gasteiger partial charge >= 0.3 is 0 Å². The fourth-order valence-electron chi connectivity index (χ4n) is 3.64. The van der Waals surface area contributed by atoms with Crippen molar-refractivity contribution in [2.24, 2.45) is 11.7 Å². The summed E-state index contributed by atoms with van der Waals surface area (Å²) in [5, 5.41) is 0. The lowest BCUT2D eigenvalue weighted by Crippen LogP contribution is -2.47. The first-order valence-corrected chi connectivity index (χ1v) is 7.78. The number of nitrogens with two attached hydrogens (primary N) is 1. The Morgan fingerprint density at radius 3 is 2.00 bits per heavy atom. The second-order valence-electron chi connectivity index (χ2n) is 7.67. The highest BCUT2D eigenvalue weighted by molar-refractivity contribution is 5.50. The van der Waals surface area contributed by atoms with Crippen LogP contribution in [0.2, 0.25) is 0 Å². The number of aryl methyl sites for hydroxylation is 2. The Bertz CT molecular complexity index is 502. The van der Waals surface area contributed by atoms with Gasteiger partial charge in [0.15, 0.2) is 0 Å². The second-order valence-corrected chi connectivity index (χ2v) is 7.67. The Labute approximate surface area is 129 Å². The summed E-state index contributed by atoms with van der Waals surface area (Å²) in [6.45, 7) is 13.7. The summed E-state index contributed by atoms with van der Waals surface area (Å²) < 4.78 is 6.19. The van der Waals surface area contributed by atoms with Crippen LogP contribution >= 0.6 is 0 Å². The molecule has 3 nitrogen and oxygen atoms in total. The van der Waals surface area contributed by atoms with Crippen molar-refractivity contribution in [2.75, 3.05) is 18.5 Å². The Morgan fingerprint density at radius 1 is 1.05 bits per heavy atom. The van der Waals surface area contributed by atoms with E-state index in [2.05, 4.69) is 71.7 Å². The molecule has 1 aromatic rings. The first kappa shape index (κ1) is 16.3. The zero-order chi connectivity index (χ0) is 16.0. The summed E-state index contributed by atoms with van der Waals surface area (Å²) >= 11 is 0. The van der Waals surface area contributed by atoms with Gasteiger partial charge in [0.05, 0.1) is 11.2 Å². The van der Waals surface area contributed by atoms with Gasteiger partial charge in [-0.1, -0.05) is 6.07 Å². The van der Waals surface area contributed by atoms with Crippen LogP contribution in [0.5, 0.6) is 0 Å². The SMILES string of the molecule is Cc1cc(C)cc(N(C)CC2C(N)C(C)(C)OC2(C)C)c1. The van der Waals surface area contributed by atoms with Crippen LogP contribution in [0.1, 0.15) is 38.8 Å². The monoisotopic (exact) mass is 290 g/mol. The first-order valence-electron chi connectivity index (χ1n) is 7.78. The number of anilines is 1. The van der Waals surface area contributed by atoms with E-state index in [0.29, 0.717) is 5.92 Å². The van der Waals surface area contributed by atoms with E-state index in [1.807, 2.05) is 0 Å². The normalized spacial score (nSPS) is 26.9. The Balaban J connectivity index is 2.20. The van der Waals surface area contributed by atoms with E-state index < -0.39 is 0 Å². The Morgan fingerprint density at radius 2 is 1.57 bits per heavy atom. The number of nitrogens with zero attached hydrogens (tertiary/aromatic N) is 1. The topological polar surface area (TPSA) is 38.5 Å². The molecule has 2 rings (SSSR count). The van der Waals surface area contributed by atoms with Crippen molar-refractivity contribution in [3.8, 4) is 0 Å². The molecule has 0 spiro atoms. The lowest BCUT2D eigenvalue weighted by Gasteiger charge is -2.32. The van der Waals surface area contributed by atoms with E-state index in [1.54, 1.807) is 0 Å². The van der Waals surface area contributed by atoms with Crippen molar-refractivity contribution in [3.63, 3.8) is 0 Å². The molecule has 1 heterocycles. The molecule has 2 unspecified atom stereocenters. The molecule has 0 aromatic heterocycles. The van der Waals surface area contributed by atoms with Gasteiger partial charge in [0, 0.05) is 31.2 Å². The molecule has 0 radical (unpaired) electrons. The molecule has 0 amide bonds. The summed E-state index contributed by atoms with van der Waals surface area (Å²) in [5.41, 5.74) is 9.84. The molecule has 1 aromatic carbocycles. The lowest BCUT2D eigenvalue weighted by molar-refractivity contribution is -0.0756. The van der Waals surface area contributed by atoms with Gasteiger partial charge in [0.25, 0.3) is 0 Å². The van der Waals surface area contributed by atoms with E-state index in [-0.39, 0.29) is 17.2 Å². The van der Waals surface area contributed by atoms with Crippen LogP contribution in [0.4, 0.5) is 5.69 Å². The van der Waals surface area contributed by atoms with Crippen LogP contribution < -0.4 is 10.6 Å². The van der Waals surface area contributed by atoms with Crippen LogP contribution in [0.3, 0.4) is 0 Å².